The zero-order valence-corrected chi connectivity index (χ0v) is 14.5. The molecule has 128 valence electrons. The average molecular weight is 353 g/mol. The summed E-state index contributed by atoms with van der Waals surface area (Å²) in [7, 11) is 4.31. The quantitative estimate of drug-likeness (QED) is 0.833. The Balaban J connectivity index is 2.26. The second-order valence-electron chi connectivity index (χ2n) is 5.75. The van der Waals surface area contributed by atoms with E-state index in [0.29, 0.717) is 11.5 Å². The summed E-state index contributed by atoms with van der Waals surface area (Å²) in [5, 5.41) is 0.179. The van der Waals surface area contributed by atoms with Gasteiger partial charge in [-0.25, -0.2) is 0 Å². The van der Waals surface area contributed by atoms with Crippen LogP contribution < -0.4 is 14.2 Å². The molecule has 0 saturated carbocycles. The zero-order valence-electron chi connectivity index (χ0n) is 13.8. The summed E-state index contributed by atoms with van der Waals surface area (Å²) in [6.07, 6.45) is 1.48. The number of allylic oxidation sites excluding steroid dienone is 1. The Labute approximate surface area is 144 Å². The summed E-state index contributed by atoms with van der Waals surface area (Å²) in [5.74, 6) is 0.107. The molecule has 0 unspecified atom stereocenters. The van der Waals surface area contributed by atoms with Crippen LogP contribution in [0.2, 0.25) is 5.02 Å². The van der Waals surface area contributed by atoms with Crippen molar-refractivity contribution in [1.29, 1.82) is 0 Å². The standard InChI is InChI=1S/C17H17ClO6/c1-8-5-9(19)6-12(23-4)17(8)16(20)13-10(21-2)7-11(22-3)14(18)15(13)24-17/h6-8H,5H2,1-4H3/t8-,17-/m1/s1. The normalized spacial score (nSPS) is 25.2. The molecule has 1 aliphatic carbocycles. The van der Waals surface area contributed by atoms with Crippen molar-refractivity contribution in [3.63, 3.8) is 0 Å². The van der Waals surface area contributed by atoms with Crippen molar-refractivity contribution >= 4 is 23.2 Å². The highest BCUT2D eigenvalue weighted by atomic mass is 35.5. The predicted molar refractivity (Wildman–Crippen MR) is 86.1 cm³/mol. The molecule has 0 bridgehead atoms. The van der Waals surface area contributed by atoms with Gasteiger partial charge < -0.3 is 18.9 Å². The molecule has 24 heavy (non-hydrogen) atoms. The van der Waals surface area contributed by atoms with E-state index in [9.17, 15) is 9.59 Å². The minimum Gasteiger partial charge on any atom is -0.496 e. The van der Waals surface area contributed by atoms with Crippen LogP contribution in [0, 0.1) is 5.92 Å². The van der Waals surface area contributed by atoms with Crippen LogP contribution >= 0.6 is 11.6 Å². The fourth-order valence-corrected chi connectivity index (χ4v) is 3.56. The first-order chi connectivity index (χ1) is 11.4. The number of carbonyl (C=O) groups is 2. The topological polar surface area (TPSA) is 71.1 Å². The third-order valence-electron chi connectivity index (χ3n) is 4.50. The van der Waals surface area contributed by atoms with E-state index in [0.717, 1.165) is 0 Å². The van der Waals surface area contributed by atoms with Crippen LogP contribution in [0.25, 0.3) is 0 Å². The lowest BCUT2D eigenvalue weighted by Gasteiger charge is -2.36. The molecular weight excluding hydrogens is 336 g/mol. The number of carbonyl (C=O) groups excluding carboxylic acids is 2. The molecule has 1 aromatic carbocycles. The molecule has 0 fully saturated rings. The summed E-state index contributed by atoms with van der Waals surface area (Å²) >= 11 is 6.33. The summed E-state index contributed by atoms with van der Waals surface area (Å²) in [6.45, 7) is 1.77. The van der Waals surface area contributed by atoms with E-state index >= 15 is 0 Å². The van der Waals surface area contributed by atoms with Crippen molar-refractivity contribution in [2.75, 3.05) is 21.3 Å². The van der Waals surface area contributed by atoms with Crippen molar-refractivity contribution in [2.24, 2.45) is 5.92 Å². The summed E-state index contributed by atoms with van der Waals surface area (Å²) in [6, 6.07) is 1.54. The molecule has 0 N–H and O–H groups in total. The number of benzene rings is 1. The Morgan fingerprint density at radius 1 is 1.17 bits per heavy atom. The number of halogens is 1. The predicted octanol–water partition coefficient (Wildman–Crippen LogP) is 2.81. The summed E-state index contributed by atoms with van der Waals surface area (Å²) in [4.78, 5) is 25.1. The first kappa shape index (κ1) is 16.6. The number of rotatable bonds is 3. The fraction of sp³-hybridized carbons (Fsp3) is 0.412. The minimum atomic E-state index is -1.42. The molecule has 0 radical (unpaired) electrons. The van der Waals surface area contributed by atoms with Gasteiger partial charge in [-0.05, 0) is 0 Å². The molecule has 1 heterocycles. The molecule has 3 rings (SSSR count). The highest BCUT2D eigenvalue weighted by molar-refractivity contribution is 6.35. The van der Waals surface area contributed by atoms with Gasteiger partial charge in [-0.15, -0.1) is 0 Å². The lowest BCUT2D eigenvalue weighted by Crippen LogP contribution is -2.51. The van der Waals surface area contributed by atoms with Gasteiger partial charge in [0.1, 0.15) is 22.1 Å². The van der Waals surface area contributed by atoms with Gasteiger partial charge in [0.25, 0.3) is 0 Å². The van der Waals surface area contributed by atoms with Gasteiger partial charge in [0.15, 0.2) is 17.3 Å². The van der Waals surface area contributed by atoms with Gasteiger partial charge >= 0.3 is 0 Å². The molecule has 1 aromatic rings. The Morgan fingerprint density at radius 3 is 2.42 bits per heavy atom. The minimum absolute atomic E-state index is 0.118. The molecule has 1 spiro atoms. The van der Waals surface area contributed by atoms with Crippen LogP contribution in [0.4, 0.5) is 0 Å². The molecule has 6 nitrogen and oxygen atoms in total. The van der Waals surface area contributed by atoms with Gasteiger partial charge in [-0.3, -0.25) is 9.59 Å². The van der Waals surface area contributed by atoms with Crippen LogP contribution in [-0.4, -0.2) is 38.5 Å². The smallest absolute Gasteiger partial charge is 0.231 e. The van der Waals surface area contributed by atoms with E-state index in [1.165, 1.54) is 33.5 Å². The average Bonchev–Trinajstić information content (AvgIpc) is 2.87. The first-order valence-electron chi connectivity index (χ1n) is 7.38. The first-order valence-corrected chi connectivity index (χ1v) is 7.75. The van der Waals surface area contributed by atoms with Gasteiger partial charge in [0.05, 0.1) is 21.3 Å². The monoisotopic (exact) mass is 352 g/mol. The van der Waals surface area contributed by atoms with Crippen LogP contribution in [0.3, 0.4) is 0 Å². The van der Waals surface area contributed by atoms with E-state index in [-0.39, 0.29) is 40.1 Å². The van der Waals surface area contributed by atoms with Gasteiger partial charge in [0, 0.05) is 24.5 Å². The van der Waals surface area contributed by atoms with E-state index in [1.54, 1.807) is 6.92 Å². The second kappa shape index (κ2) is 5.70. The molecule has 0 aromatic heterocycles. The molecule has 7 heteroatoms. The van der Waals surface area contributed by atoms with Crippen LogP contribution in [-0.2, 0) is 9.53 Å². The molecule has 2 aliphatic rings. The third-order valence-corrected chi connectivity index (χ3v) is 4.86. The van der Waals surface area contributed by atoms with Crippen molar-refractivity contribution in [3.05, 3.63) is 28.5 Å². The van der Waals surface area contributed by atoms with Gasteiger partial charge in [-0.1, -0.05) is 18.5 Å². The van der Waals surface area contributed by atoms with E-state index in [2.05, 4.69) is 0 Å². The number of ether oxygens (including phenoxy) is 4. The van der Waals surface area contributed by atoms with Crippen LogP contribution in [0.5, 0.6) is 17.2 Å². The van der Waals surface area contributed by atoms with Crippen molar-refractivity contribution in [2.45, 2.75) is 18.9 Å². The molecule has 0 amide bonds. The maximum atomic E-state index is 13.3. The highest BCUT2D eigenvalue weighted by Gasteiger charge is 2.59. The van der Waals surface area contributed by atoms with Gasteiger partial charge in [0.2, 0.25) is 11.4 Å². The largest absolute Gasteiger partial charge is 0.496 e. The summed E-state index contributed by atoms with van der Waals surface area (Å²) < 4.78 is 21.9. The van der Waals surface area contributed by atoms with E-state index in [4.69, 9.17) is 30.5 Å². The highest BCUT2D eigenvalue weighted by Crippen LogP contribution is 2.54. The second-order valence-corrected chi connectivity index (χ2v) is 6.13. The van der Waals surface area contributed by atoms with Crippen LogP contribution in [0.15, 0.2) is 17.9 Å². The van der Waals surface area contributed by atoms with Crippen molar-refractivity contribution in [1.82, 2.24) is 0 Å². The van der Waals surface area contributed by atoms with Gasteiger partial charge in [-0.2, -0.15) is 0 Å². The molecule has 1 aliphatic heterocycles. The molecular formula is C17H17ClO6. The molecule has 0 saturated heterocycles. The number of methoxy groups -OCH3 is 3. The molecule has 2 atom stereocenters. The van der Waals surface area contributed by atoms with Crippen molar-refractivity contribution in [3.8, 4) is 17.2 Å². The number of ketones is 2. The number of hydrogen-bond acceptors (Lipinski definition) is 6. The Morgan fingerprint density at radius 2 is 1.83 bits per heavy atom. The Kier molecular flexibility index (Phi) is 3.95. The maximum absolute atomic E-state index is 13.3. The number of Topliss-reactive ketones (excluding diaryl/α,β-unsaturated/α-hetero) is 1. The van der Waals surface area contributed by atoms with E-state index < -0.39 is 11.5 Å². The van der Waals surface area contributed by atoms with E-state index in [1.807, 2.05) is 0 Å². The third kappa shape index (κ3) is 2.02. The lowest BCUT2D eigenvalue weighted by molar-refractivity contribution is -0.118. The van der Waals surface area contributed by atoms with Crippen LogP contribution in [0.1, 0.15) is 23.7 Å². The summed E-state index contributed by atoms with van der Waals surface area (Å²) in [5.41, 5.74) is -1.19. The Hall–Kier alpha value is -2.21. The maximum Gasteiger partial charge on any atom is 0.231 e. The SMILES string of the molecule is COC1=CC(=O)C[C@@H](C)[C@@]12Oc1c(Cl)c(OC)cc(OC)c1C2=O. The lowest BCUT2D eigenvalue weighted by atomic mass is 9.75. The number of hydrogen-bond donors (Lipinski definition) is 0. The fourth-order valence-electron chi connectivity index (χ4n) is 3.30. The zero-order chi connectivity index (χ0) is 17.6. The number of fused-ring (bicyclic) bond motifs is 1. The van der Waals surface area contributed by atoms with Crippen molar-refractivity contribution < 1.29 is 28.5 Å². The Bertz CT molecular complexity index is 769.